The molecule has 1 aromatic heterocycles. The number of carboxylic acids is 1. The van der Waals surface area contributed by atoms with Gasteiger partial charge in [0.05, 0.1) is 25.2 Å². The van der Waals surface area contributed by atoms with Gasteiger partial charge in [-0.2, -0.15) is 0 Å². The van der Waals surface area contributed by atoms with Crippen molar-refractivity contribution >= 4 is 16.9 Å². The summed E-state index contributed by atoms with van der Waals surface area (Å²) in [6.45, 7) is 3.07. The SMILES string of the molecule is COc1ccc2ncc(CN)c(C(O)CCC3(CC(=O)O)CCN(CCCc4ccccc4)CC3)c2c1. The van der Waals surface area contributed by atoms with Crippen LogP contribution in [-0.2, 0) is 17.8 Å². The number of aliphatic hydroxyl groups excluding tert-OH is 1. The normalized spacial score (nSPS) is 16.5. The Bertz CT molecular complexity index is 1170. The number of nitrogens with two attached hydrogens (primary N) is 1. The monoisotopic (exact) mass is 505 g/mol. The molecule has 7 heteroatoms. The highest BCUT2D eigenvalue weighted by Gasteiger charge is 2.37. The van der Waals surface area contributed by atoms with Gasteiger partial charge in [0.1, 0.15) is 5.75 Å². The van der Waals surface area contributed by atoms with Gasteiger partial charge >= 0.3 is 5.97 Å². The third-order valence-corrected chi connectivity index (χ3v) is 7.93. The first-order valence-corrected chi connectivity index (χ1v) is 13.2. The highest BCUT2D eigenvalue weighted by Crippen LogP contribution is 2.42. The number of aryl methyl sites for hydroxylation is 1. The summed E-state index contributed by atoms with van der Waals surface area (Å²) in [4.78, 5) is 18.8. The van der Waals surface area contributed by atoms with E-state index < -0.39 is 12.1 Å². The molecule has 7 nitrogen and oxygen atoms in total. The molecule has 1 fully saturated rings. The maximum absolute atomic E-state index is 11.8. The van der Waals surface area contributed by atoms with Gasteiger partial charge in [0.15, 0.2) is 0 Å². The largest absolute Gasteiger partial charge is 0.497 e. The summed E-state index contributed by atoms with van der Waals surface area (Å²) in [5.41, 5.74) is 9.40. The molecule has 1 unspecified atom stereocenters. The zero-order chi connectivity index (χ0) is 26.3. The molecule has 0 spiro atoms. The molecule has 0 aliphatic carbocycles. The van der Waals surface area contributed by atoms with Crippen molar-refractivity contribution in [2.24, 2.45) is 11.1 Å². The van der Waals surface area contributed by atoms with Crippen molar-refractivity contribution in [3.63, 3.8) is 0 Å². The van der Waals surface area contributed by atoms with Crippen LogP contribution in [0.3, 0.4) is 0 Å². The van der Waals surface area contributed by atoms with E-state index in [0.29, 0.717) is 18.6 Å². The number of methoxy groups -OCH3 is 1. The van der Waals surface area contributed by atoms with Crippen LogP contribution in [0.25, 0.3) is 10.9 Å². The molecule has 0 amide bonds. The number of aliphatic carboxylic acids is 1. The Morgan fingerprint density at radius 2 is 1.95 bits per heavy atom. The van der Waals surface area contributed by atoms with E-state index in [1.54, 1.807) is 13.3 Å². The van der Waals surface area contributed by atoms with Gasteiger partial charge in [-0.15, -0.1) is 0 Å². The van der Waals surface area contributed by atoms with Crippen molar-refractivity contribution in [3.8, 4) is 5.75 Å². The second-order valence-corrected chi connectivity index (χ2v) is 10.3. The number of nitrogens with zero attached hydrogens (tertiary/aromatic N) is 2. The van der Waals surface area contributed by atoms with Gasteiger partial charge in [0, 0.05) is 18.1 Å². The number of carbonyl (C=O) groups is 1. The summed E-state index contributed by atoms with van der Waals surface area (Å²) in [6.07, 6.45) is 6.03. The van der Waals surface area contributed by atoms with Crippen molar-refractivity contribution in [2.45, 2.75) is 57.6 Å². The molecule has 1 atom stereocenters. The van der Waals surface area contributed by atoms with Crippen molar-refractivity contribution in [3.05, 3.63) is 71.4 Å². The fraction of sp³-hybridized carbons (Fsp3) is 0.467. The number of aromatic nitrogens is 1. The molecule has 1 aliphatic heterocycles. The van der Waals surface area contributed by atoms with Gasteiger partial charge in [-0.05, 0) is 98.5 Å². The Morgan fingerprint density at radius 3 is 2.62 bits per heavy atom. The number of hydrogen-bond donors (Lipinski definition) is 3. The van der Waals surface area contributed by atoms with Crippen LogP contribution in [0.1, 0.15) is 61.3 Å². The zero-order valence-electron chi connectivity index (χ0n) is 21.7. The number of piperidine rings is 1. The number of carboxylic acid groups (broad SMARTS) is 1. The van der Waals surface area contributed by atoms with Gasteiger partial charge in [-0.25, -0.2) is 0 Å². The number of pyridine rings is 1. The van der Waals surface area contributed by atoms with Crippen LogP contribution in [-0.4, -0.2) is 52.8 Å². The predicted octanol–water partition coefficient (Wildman–Crippen LogP) is 4.71. The number of likely N-dealkylation sites (tertiary alicyclic amines) is 1. The highest BCUT2D eigenvalue weighted by atomic mass is 16.5. The van der Waals surface area contributed by atoms with E-state index in [9.17, 15) is 15.0 Å². The summed E-state index contributed by atoms with van der Waals surface area (Å²) in [5, 5.41) is 21.9. The second kappa shape index (κ2) is 12.5. The third-order valence-electron chi connectivity index (χ3n) is 7.93. The average molecular weight is 506 g/mol. The molecule has 2 heterocycles. The van der Waals surface area contributed by atoms with Crippen LogP contribution >= 0.6 is 0 Å². The quantitative estimate of drug-likeness (QED) is 0.327. The van der Waals surface area contributed by atoms with Crippen molar-refractivity contribution in [1.29, 1.82) is 0 Å². The van der Waals surface area contributed by atoms with Gasteiger partial charge in [0.25, 0.3) is 0 Å². The molecule has 198 valence electrons. The fourth-order valence-corrected chi connectivity index (χ4v) is 5.74. The molecule has 1 aliphatic rings. The molecule has 1 saturated heterocycles. The molecule has 0 bridgehead atoms. The van der Waals surface area contributed by atoms with Gasteiger partial charge < -0.3 is 25.6 Å². The lowest BCUT2D eigenvalue weighted by atomic mass is 9.71. The Balaban J connectivity index is 1.42. The number of hydrogen-bond acceptors (Lipinski definition) is 6. The summed E-state index contributed by atoms with van der Waals surface area (Å²) in [7, 11) is 1.61. The Labute approximate surface area is 219 Å². The fourth-order valence-electron chi connectivity index (χ4n) is 5.74. The van der Waals surface area contributed by atoms with E-state index >= 15 is 0 Å². The van der Waals surface area contributed by atoms with Crippen LogP contribution in [0.4, 0.5) is 0 Å². The Hall–Kier alpha value is -3.00. The summed E-state index contributed by atoms with van der Waals surface area (Å²) in [5.74, 6) is -0.0762. The van der Waals surface area contributed by atoms with Gasteiger partial charge in [0.2, 0.25) is 0 Å². The molecular weight excluding hydrogens is 466 g/mol. The smallest absolute Gasteiger partial charge is 0.303 e. The molecule has 0 saturated carbocycles. The maximum atomic E-state index is 11.8. The third kappa shape index (κ3) is 6.86. The standard InChI is InChI=1S/C30H39N3O4/c1-37-24-9-10-26-25(18-24)29(23(20-31)21-32-26)27(34)11-12-30(19-28(35)36)13-16-33(17-14-30)15-5-8-22-6-3-2-4-7-22/h2-4,6-7,9-10,18,21,27,34H,5,8,11-17,19-20,31H2,1H3,(H,35,36). The van der Waals surface area contributed by atoms with Gasteiger partial charge in [-0.3, -0.25) is 9.78 Å². The van der Waals surface area contributed by atoms with Crippen molar-refractivity contribution < 1.29 is 19.7 Å². The average Bonchev–Trinajstić information content (AvgIpc) is 2.92. The lowest BCUT2D eigenvalue weighted by Gasteiger charge is -2.41. The van der Waals surface area contributed by atoms with E-state index in [1.807, 2.05) is 24.3 Å². The first-order valence-electron chi connectivity index (χ1n) is 13.2. The van der Waals surface area contributed by atoms with E-state index in [0.717, 1.165) is 67.3 Å². The first kappa shape index (κ1) is 27.0. The lowest BCUT2D eigenvalue weighted by Crippen LogP contribution is -2.41. The number of ether oxygens (including phenoxy) is 1. The Morgan fingerprint density at radius 1 is 1.19 bits per heavy atom. The van der Waals surface area contributed by atoms with Gasteiger partial charge in [-0.1, -0.05) is 30.3 Å². The highest BCUT2D eigenvalue weighted by molar-refractivity contribution is 5.85. The molecule has 0 radical (unpaired) electrons. The van der Waals surface area contributed by atoms with E-state index in [-0.39, 0.29) is 18.4 Å². The topological polar surface area (TPSA) is 109 Å². The molecular formula is C30H39N3O4. The van der Waals surface area contributed by atoms with Crippen molar-refractivity contribution in [2.75, 3.05) is 26.7 Å². The Kier molecular flexibility index (Phi) is 9.14. The summed E-state index contributed by atoms with van der Waals surface area (Å²) < 4.78 is 5.40. The first-order chi connectivity index (χ1) is 17.9. The molecule has 4 rings (SSSR count). The number of rotatable bonds is 12. The van der Waals surface area contributed by atoms with E-state index in [4.69, 9.17) is 10.5 Å². The minimum atomic E-state index is -0.770. The van der Waals surface area contributed by atoms with Crippen LogP contribution in [0.5, 0.6) is 5.75 Å². The van der Waals surface area contributed by atoms with Crippen LogP contribution in [0.15, 0.2) is 54.7 Å². The van der Waals surface area contributed by atoms with Crippen LogP contribution in [0, 0.1) is 5.41 Å². The number of aliphatic hydroxyl groups is 1. The summed E-state index contributed by atoms with van der Waals surface area (Å²) >= 11 is 0. The zero-order valence-corrected chi connectivity index (χ0v) is 21.7. The van der Waals surface area contributed by atoms with E-state index in [2.05, 4.69) is 34.1 Å². The lowest BCUT2D eigenvalue weighted by molar-refractivity contribution is -0.141. The van der Waals surface area contributed by atoms with E-state index in [1.165, 1.54) is 5.56 Å². The summed E-state index contributed by atoms with van der Waals surface area (Å²) in [6, 6.07) is 16.1. The minimum Gasteiger partial charge on any atom is -0.497 e. The molecule has 37 heavy (non-hydrogen) atoms. The molecule has 3 aromatic rings. The number of fused-ring (bicyclic) bond motifs is 1. The maximum Gasteiger partial charge on any atom is 0.303 e. The van der Waals surface area contributed by atoms with Crippen LogP contribution in [0.2, 0.25) is 0 Å². The predicted molar refractivity (Wildman–Crippen MR) is 146 cm³/mol. The second-order valence-electron chi connectivity index (χ2n) is 10.3. The van der Waals surface area contributed by atoms with Crippen LogP contribution < -0.4 is 10.5 Å². The van der Waals surface area contributed by atoms with Crippen molar-refractivity contribution in [1.82, 2.24) is 9.88 Å². The molecule has 4 N–H and O–H groups in total. The number of benzene rings is 2. The minimum absolute atomic E-state index is 0.131. The molecule has 2 aromatic carbocycles.